The molecule has 2 heterocycles. The number of hydrogen-bond acceptors (Lipinski definition) is 4. The van der Waals surface area contributed by atoms with Crippen molar-refractivity contribution in [1.29, 1.82) is 0 Å². The first-order chi connectivity index (χ1) is 11.8. The van der Waals surface area contributed by atoms with Gasteiger partial charge >= 0.3 is 5.97 Å². The van der Waals surface area contributed by atoms with Crippen LogP contribution in [0.3, 0.4) is 0 Å². The van der Waals surface area contributed by atoms with E-state index in [-0.39, 0.29) is 37.7 Å². The van der Waals surface area contributed by atoms with Crippen molar-refractivity contribution in [1.82, 2.24) is 4.90 Å². The summed E-state index contributed by atoms with van der Waals surface area (Å²) in [6.45, 7) is 1.38. The lowest BCUT2D eigenvalue weighted by atomic mass is 10.1. The van der Waals surface area contributed by atoms with Gasteiger partial charge in [-0.1, -0.05) is 12.1 Å². The van der Waals surface area contributed by atoms with Crippen LogP contribution in [-0.2, 0) is 14.4 Å². The van der Waals surface area contributed by atoms with Gasteiger partial charge in [0.1, 0.15) is 5.75 Å². The van der Waals surface area contributed by atoms with Crippen LogP contribution in [0.1, 0.15) is 19.8 Å². The monoisotopic (exact) mass is 350 g/mol. The smallest absolute Gasteiger partial charge is 0.343 e. The Hall–Kier alpha value is -2.64. The summed E-state index contributed by atoms with van der Waals surface area (Å²) in [6.07, 6.45) is -0.880. The van der Waals surface area contributed by atoms with Gasteiger partial charge in [-0.05, 0) is 19.1 Å². The van der Waals surface area contributed by atoms with Crippen LogP contribution in [-0.4, -0.2) is 59.2 Å². The highest BCUT2D eigenvalue weighted by Crippen LogP contribution is 2.34. The molecule has 1 aromatic carbocycles. The molecule has 0 aromatic heterocycles. The summed E-state index contributed by atoms with van der Waals surface area (Å²) in [5.74, 6) is -1.60. The molecule has 1 fully saturated rings. The number of carbonyl (C=O) groups excluding carboxylic acids is 2. The van der Waals surface area contributed by atoms with Crippen molar-refractivity contribution in [2.45, 2.75) is 31.5 Å². The van der Waals surface area contributed by atoms with E-state index in [1.165, 1.54) is 9.80 Å². The molecule has 2 aliphatic heterocycles. The number of carboxylic acid groups (broad SMARTS) is 1. The number of carboxylic acids is 1. The summed E-state index contributed by atoms with van der Waals surface area (Å²) < 4.78 is 19.6. The number of para-hydroxylation sites is 2. The van der Waals surface area contributed by atoms with E-state index >= 15 is 0 Å². The fourth-order valence-corrected chi connectivity index (χ4v) is 3.12. The lowest BCUT2D eigenvalue weighted by Crippen LogP contribution is -2.46. The Morgan fingerprint density at radius 2 is 2.12 bits per heavy atom. The quantitative estimate of drug-likeness (QED) is 0.882. The zero-order chi connectivity index (χ0) is 18.2. The number of carbonyl (C=O) groups is 3. The number of hydrogen-bond donors (Lipinski definition) is 1. The zero-order valence-electron chi connectivity index (χ0n) is 13.8. The topological polar surface area (TPSA) is 87.2 Å². The van der Waals surface area contributed by atoms with Crippen LogP contribution in [0.5, 0.6) is 5.75 Å². The third-order valence-electron chi connectivity index (χ3n) is 4.58. The second-order valence-electron chi connectivity index (χ2n) is 6.30. The second-order valence-corrected chi connectivity index (χ2v) is 6.30. The minimum absolute atomic E-state index is 0.0114. The maximum absolute atomic E-state index is 14.1. The maximum atomic E-state index is 14.1. The van der Waals surface area contributed by atoms with Crippen molar-refractivity contribution in [3.8, 4) is 5.75 Å². The molecule has 8 heteroatoms. The summed E-state index contributed by atoms with van der Waals surface area (Å²) in [6, 6.07) is 7.04. The van der Waals surface area contributed by atoms with Crippen molar-refractivity contribution in [3.63, 3.8) is 0 Å². The molecule has 1 saturated heterocycles. The number of likely N-dealkylation sites (tertiary alicyclic amines) is 1. The summed E-state index contributed by atoms with van der Waals surface area (Å²) in [5, 5.41) is 8.90. The molecule has 2 aliphatic rings. The number of aliphatic carboxylic acids is 1. The number of nitrogens with zero attached hydrogens (tertiary/aromatic N) is 2. The van der Waals surface area contributed by atoms with Crippen LogP contribution < -0.4 is 9.64 Å². The number of halogens is 1. The van der Waals surface area contributed by atoms with Crippen molar-refractivity contribution >= 4 is 23.5 Å². The van der Waals surface area contributed by atoms with Gasteiger partial charge < -0.3 is 19.6 Å². The van der Waals surface area contributed by atoms with Crippen molar-refractivity contribution in [3.05, 3.63) is 24.3 Å². The Morgan fingerprint density at radius 3 is 2.80 bits per heavy atom. The highest BCUT2D eigenvalue weighted by Gasteiger charge is 2.46. The number of anilines is 1. The van der Waals surface area contributed by atoms with E-state index in [0.29, 0.717) is 11.4 Å². The number of rotatable bonds is 4. The molecule has 3 rings (SSSR count). The molecular weight excluding hydrogens is 331 g/mol. The summed E-state index contributed by atoms with van der Waals surface area (Å²) >= 11 is 0. The highest BCUT2D eigenvalue weighted by atomic mass is 19.1. The van der Waals surface area contributed by atoms with E-state index in [4.69, 9.17) is 9.84 Å². The third kappa shape index (κ3) is 3.16. The molecule has 2 amide bonds. The molecule has 1 N–H and O–H groups in total. The SMILES string of the molecule is CC1Oc2ccccc2N(CCC(=O)N2CCC(F)(C(=O)O)C2)C1=O. The molecule has 0 aliphatic carbocycles. The summed E-state index contributed by atoms with van der Waals surface area (Å²) in [4.78, 5) is 38.3. The first kappa shape index (κ1) is 17.2. The summed E-state index contributed by atoms with van der Waals surface area (Å²) in [7, 11) is 0. The minimum atomic E-state index is -2.38. The predicted octanol–water partition coefficient (Wildman–Crippen LogP) is 1.22. The van der Waals surface area contributed by atoms with Crippen molar-refractivity contribution in [2.24, 2.45) is 0 Å². The normalized spacial score (nSPS) is 25.5. The molecule has 2 unspecified atom stereocenters. The second kappa shape index (κ2) is 6.34. The molecule has 0 spiro atoms. The van der Waals surface area contributed by atoms with Gasteiger partial charge in [-0.3, -0.25) is 9.59 Å². The van der Waals surface area contributed by atoms with Gasteiger partial charge in [-0.25, -0.2) is 9.18 Å². The van der Waals surface area contributed by atoms with E-state index in [1.807, 2.05) is 0 Å². The van der Waals surface area contributed by atoms with Crippen LogP contribution in [0.4, 0.5) is 10.1 Å². The van der Waals surface area contributed by atoms with Crippen LogP contribution in [0, 0.1) is 0 Å². The van der Waals surface area contributed by atoms with Gasteiger partial charge in [0.2, 0.25) is 11.6 Å². The van der Waals surface area contributed by atoms with Gasteiger partial charge in [0.05, 0.1) is 12.2 Å². The van der Waals surface area contributed by atoms with Crippen LogP contribution in [0.15, 0.2) is 24.3 Å². The van der Waals surface area contributed by atoms with Crippen molar-refractivity contribution in [2.75, 3.05) is 24.5 Å². The van der Waals surface area contributed by atoms with E-state index in [1.54, 1.807) is 31.2 Å². The molecule has 7 nitrogen and oxygen atoms in total. The lowest BCUT2D eigenvalue weighted by molar-refractivity contribution is -0.150. The van der Waals surface area contributed by atoms with E-state index in [9.17, 15) is 18.8 Å². The Balaban J connectivity index is 1.66. The minimum Gasteiger partial charge on any atom is -0.479 e. The number of ether oxygens (including phenoxy) is 1. The van der Waals surface area contributed by atoms with E-state index < -0.39 is 24.3 Å². The Morgan fingerprint density at radius 1 is 1.40 bits per heavy atom. The van der Waals surface area contributed by atoms with Gasteiger partial charge in [0.25, 0.3) is 5.91 Å². The van der Waals surface area contributed by atoms with Crippen LogP contribution >= 0.6 is 0 Å². The fourth-order valence-electron chi connectivity index (χ4n) is 3.12. The first-order valence-corrected chi connectivity index (χ1v) is 8.09. The van der Waals surface area contributed by atoms with Gasteiger partial charge in [-0.2, -0.15) is 0 Å². The first-order valence-electron chi connectivity index (χ1n) is 8.09. The molecule has 0 saturated carbocycles. The Kier molecular flexibility index (Phi) is 4.36. The lowest BCUT2D eigenvalue weighted by Gasteiger charge is -2.33. The van der Waals surface area contributed by atoms with Crippen LogP contribution in [0.2, 0.25) is 0 Å². The predicted molar refractivity (Wildman–Crippen MR) is 86.2 cm³/mol. The zero-order valence-corrected chi connectivity index (χ0v) is 13.8. The highest BCUT2D eigenvalue weighted by molar-refractivity contribution is 6.00. The van der Waals surface area contributed by atoms with Gasteiger partial charge in [0, 0.05) is 25.9 Å². The van der Waals surface area contributed by atoms with E-state index in [0.717, 1.165) is 0 Å². The molecule has 2 atom stereocenters. The van der Waals surface area contributed by atoms with E-state index in [2.05, 4.69) is 0 Å². The van der Waals surface area contributed by atoms with Gasteiger partial charge in [-0.15, -0.1) is 0 Å². The number of amides is 2. The number of benzene rings is 1. The third-order valence-corrected chi connectivity index (χ3v) is 4.58. The average Bonchev–Trinajstić information content (AvgIpc) is 2.99. The molecule has 1 aromatic rings. The molecular formula is C17H19FN2O5. The summed E-state index contributed by atoms with van der Waals surface area (Å²) in [5.41, 5.74) is -1.80. The molecule has 0 bridgehead atoms. The van der Waals surface area contributed by atoms with Gasteiger partial charge in [0.15, 0.2) is 6.10 Å². The standard InChI is InChI=1S/C17H19FN2O5/c1-11-15(22)20(12-4-2-3-5-13(12)25-11)8-6-14(21)19-9-7-17(18,10-19)16(23)24/h2-5,11H,6-10H2,1H3,(H,23,24). The number of alkyl halides is 1. The Labute approximate surface area is 144 Å². The molecule has 25 heavy (non-hydrogen) atoms. The number of fused-ring (bicyclic) bond motifs is 1. The van der Waals surface area contributed by atoms with Crippen molar-refractivity contribution < 1.29 is 28.6 Å². The molecule has 0 radical (unpaired) electrons. The largest absolute Gasteiger partial charge is 0.479 e. The fraction of sp³-hybridized carbons (Fsp3) is 0.471. The molecule has 134 valence electrons. The Bertz CT molecular complexity index is 725. The maximum Gasteiger partial charge on any atom is 0.343 e. The average molecular weight is 350 g/mol. The van der Waals surface area contributed by atoms with Crippen LogP contribution in [0.25, 0.3) is 0 Å².